The maximum atomic E-state index is 5.62. The predicted molar refractivity (Wildman–Crippen MR) is 68.4 cm³/mol. The van der Waals surface area contributed by atoms with E-state index in [0.29, 0.717) is 5.69 Å². The first-order valence-electron chi connectivity index (χ1n) is 5.38. The molecule has 3 rings (SSSR count). The lowest BCUT2D eigenvalue weighted by atomic mass is 10.1. The van der Waals surface area contributed by atoms with Gasteiger partial charge in [-0.15, -0.1) is 0 Å². The predicted octanol–water partition coefficient (Wildman–Crippen LogP) is 2.22. The Labute approximate surface area is 98.7 Å². The average molecular weight is 224 g/mol. The van der Waals surface area contributed by atoms with Crippen molar-refractivity contribution < 1.29 is 0 Å². The van der Waals surface area contributed by atoms with Crippen LogP contribution in [-0.2, 0) is 7.05 Å². The molecule has 1 aromatic carbocycles. The van der Waals surface area contributed by atoms with Crippen LogP contribution in [-0.4, -0.2) is 14.8 Å². The summed E-state index contributed by atoms with van der Waals surface area (Å²) in [5.41, 5.74) is 9.41. The molecular formula is C13H12N4. The first-order chi connectivity index (χ1) is 8.24. The Balaban J connectivity index is 2.14. The van der Waals surface area contributed by atoms with E-state index in [1.54, 1.807) is 6.20 Å². The number of hydrogen-bond acceptors (Lipinski definition) is 3. The number of nitrogens with two attached hydrogens (primary N) is 1. The van der Waals surface area contributed by atoms with Crippen LogP contribution in [0.3, 0.4) is 0 Å². The lowest BCUT2D eigenvalue weighted by Gasteiger charge is -2.02. The van der Waals surface area contributed by atoms with Gasteiger partial charge in [-0.2, -0.15) is 5.10 Å². The van der Waals surface area contributed by atoms with Crippen LogP contribution in [0, 0.1) is 0 Å². The molecule has 0 spiro atoms. The minimum absolute atomic E-state index is 0.677. The largest absolute Gasteiger partial charge is 0.397 e. The Kier molecular flexibility index (Phi) is 2.08. The molecule has 0 radical (unpaired) electrons. The molecule has 3 aromatic rings. The molecule has 0 fully saturated rings. The zero-order chi connectivity index (χ0) is 11.8. The maximum Gasteiger partial charge on any atom is 0.0703 e. The van der Waals surface area contributed by atoms with Crippen molar-refractivity contribution in [2.75, 3.05) is 5.73 Å². The average Bonchev–Trinajstić information content (AvgIpc) is 2.72. The smallest absolute Gasteiger partial charge is 0.0703 e. The lowest BCUT2D eigenvalue weighted by Crippen LogP contribution is -1.89. The molecule has 2 N–H and O–H groups in total. The van der Waals surface area contributed by atoms with Crippen LogP contribution in [0.4, 0.5) is 5.69 Å². The van der Waals surface area contributed by atoms with Crippen LogP contribution < -0.4 is 5.73 Å². The molecular weight excluding hydrogens is 212 g/mol. The maximum absolute atomic E-state index is 5.62. The van der Waals surface area contributed by atoms with Crippen LogP contribution >= 0.6 is 0 Å². The highest BCUT2D eigenvalue weighted by molar-refractivity contribution is 5.83. The first-order valence-corrected chi connectivity index (χ1v) is 5.38. The minimum atomic E-state index is 0.677. The van der Waals surface area contributed by atoms with Gasteiger partial charge in [0.15, 0.2) is 0 Å². The zero-order valence-corrected chi connectivity index (χ0v) is 9.46. The van der Waals surface area contributed by atoms with E-state index in [4.69, 9.17) is 5.73 Å². The van der Waals surface area contributed by atoms with Gasteiger partial charge in [-0.25, -0.2) is 0 Å². The Bertz CT molecular complexity index is 667. The van der Waals surface area contributed by atoms with Crippen molar-refractivity contribution in [3.63, 3.8) is 0 Å². The van der Waals surface area contributed by atoms with E-state index in [1.165, 1.54) is 0 Å². The van der Waals surface area contributed by atoms with Crippen molar-refractivity contribution in [3.05, 3.63) is 42.7 Å². The van der Waals surface area contributed by atoms with Crippen molar-refractivity contribution in [2.45, 2.75) is 0 Å². The van der Waals surface area contributed by atoms with Gasteiger partial charge in [-0.1, -0.05) is 6.07 Å². The van der Waals surface area contributed by atoms with E-state index in [1.807, 2.05) is 36.1 Å². The van der Waals surface area contributed by atoms with E-state index in [9.17, 15) is 0 Å². The fraction of sp³-hybridized carbons (Fsp3) is 0.0769. The van der Waals surface area contributed by atoms with Crippen LogP contribution in [0.15, 0.2) is 42.7 Å². The number of hydrogen-bond donors (Lipinski definition) is 1. The van der Waals surface area contributed by atoms with E-state index < -0.39 is 0 Å². The minimum Gasteiger partial charge on any atom is -0.397 e. The second-order valence-corrected chi connectivity index (χ2v) is 4.02. The summed E-state index contributed by atoms with van der Waals surface area (Å²) in [6.07, 6.45) is 3.53. The number of nitrogen functional groups attached to an aromatic ring is 1. The molecule has 4 heteroatoms. The number of aryl methyl sites for hydroxylation is 1. The Hall–Kier alpha value is -2.36. The quantitative estimate of drug-likeness (QED) is 0.689. The lowest BCUT2D eigenvalue weighted by molar-refractivity contribution is 0.797. The summed E-state index contributed by atoms with van der Waals surface area (Å²) in [5, 5.41) is 5.34. The van der Waals surface area contributed by atoms with E-state index in [-0.39, 0.29) is 0 Å². The first kappa shape index (κ1) is 9.84. The van der Waals surface area contributed by atoms with Gasteiger partial charge >= 0.3 is 0 Å². The second kappa shape index (κ2) is 3.59. The summed E-state index contributed by atoms with van der Waals surface area (Å²) in [4.78, 5) is 4.31. The third-order valence-electron chi connectivity index (χ3n) is 2.83. The number of anilines is 1. The SMILES string of the molecule is Cn1ncc2cc(-c3ccc(N)cn3)ccc21. The van der Waals surface area contributed by atoms with Crippen molar-refractivity contribution in [3.8, 4) is 11.3 Å². The molecule has 2 aromatic heterocycles. The summed E-state index contributed by atoms with van der Waals surface area (Å²) >= 11 is 0. The number of benzene rings is 1. The van der Waals surface area contributed by atoms with Crippen LogP contribution in [0.1, 0.15) is 0 Å². The van der Waals surface area contributed by atoms with Crippen LogP contribution in [0.5, 0.6) is 0 Å². The summed E-state index contributed by atoms with van der Waals surface area (Å²) in [6.45, 7) is 0. The second-order valence-electron chi connectivity index (χ2n) is 4.02. The Morgan fingerprint density at radius 3 is 2.76 bits per heavy atom. The molecule has 0 amide bonds. The molecule has 0 bridgehead atoms. The Morgan fingerprint density at radius 2 is 2.00 bits per heavy atom. The molecule has 17 heavy (non-hydrogen) atoms. The molecule has 0 saturated heterocycles. The zero-order valence-electron chi connectivity index (χ0n) is 9.46. The molecule has 0 atom stereocenters. The molecule has 0 aliphatic rings. The molecule has 2 heterocycles. The van der Waals surface area contributed by atoms with Gasteiger partial charge in [0.25, 0.3) is 0 Å². The summed E-state index contributed by atoms with van der Waals surface area (Å²) in [7, 11) is 1.93. The number of fused-ring (bicyclic) bond motifs is 1. The normalized spacial score (nSPS) is 10.9. The van der Waals surface area contributed by atoms with Crippen molar-refractivity contribution in [1.29, 1.82) is 0 Å². The van der Waals surface area contributed by atoms with Gasteiger partial charge in [0.05, 0.1) is 29.3 Å². The Morgan fingerprint density at radius 1 is 1.12 bits per heavy atom. The van der Waals surface area contributed by atoms with Gasteiger partial charge in [0.2, 0.25) is 0 Å². The van der Waals surface area contributed by atoms with E-state index in [2.05, 4.69) is 22.2 Å². The third kappa shape index (κ3) is 1.63. The number of aromatic nitrogens is 3. The van der Waals surface area contributed by atoms with Crippen LogP contribution in [0.25, 0.3) is 22.2 Å². The molecule has 4 nitrogen and oxygen atoms in total. The van der Waals surface area contributed by atoms with E-state index in [0.717, 1.165) is 22.2 Å². The molecule has 0 unspecified atom stereocenters. The number of rotatable bonds is 1. The summed E-state index contributed by atoms with van der Waals surface area (Å²) in [5.74, 6) is 0. The van der Waals surface area contributed by atoms with Crippen molar-refractivity contribution in [1.82, 2.24) is 14.8 Å². The topological polar surface area (TPSA) is 56.7 Å². The van der Waals surface area contributed by atoms with Crippen LogP contribution in [0.2, 0.25) is 0 Å². The number of pyridine rings is 1. The third-order valence-corrected chi connectivity index (χ3v) is 2.83. The molecule has 0 aliphatic heterocycles. The van der Waals surface area contributed by atoms with Gasteiger partial charge in [-0.3, -0.25) is 9.67 Å². The van der Waals surface area contributed by atoms with Gasteiger partial charge < -0.3 is 5.73 Å². The van der Waals surface area contributed by atoms with Crippen molar-refractivity contribution >= 4 is 16.6 Å². The fourth-order valence-corrected chi connectivity index (χ4v) is 1.90. The van der Waals surface area contributed by atoms with Gasteiger partial charge in [0, 0.05) is 18.0 Å². The monoisotopic (exact) mass is 224 g/mol. The summed E-state index contributed by atoms with van der Waals surface area (Å²) < 4.78 is 1.86. The number of nitrogens with zero attached hydrogens (tertiary/aromatic N) is 3. The summed E-state index contributed by atoms with van der Waals surface area (Å²) in [6, 6.07) is 9.96. The highest BCUT2D eigenvalue weighted by Gasteiger charge is 2.03. The molecule has 0 saturated carbocycles. The van der Waals surface area contributed by atoms with Gasteiger partial charge in [0.1, 0.15) is 0 Å². The van der Waals surface area contributed by atoms with Gasteiger partial charge in [-0.05, 0) is 24.3 Å². The van der Waals surface area contributed by atoms with Crippen molar-refractivity contribution in [2.24, 2.45) is 7.05 Å². The highest BCUT2D eigenvalue weighted by Crippen LogP contribution is 2.22. The van der Waals surface area contributed by atoms with E-state index >= 15 is 0 Å². The molecule has 0 aliphatic carbocycles. The standard InChI is InChI=1S/C13H12N4/c1-17-13-5-2-9(6-10(13)7-16-17)12-4-3-11(14)8-15-12/h2-8H,14H2,1H3. The fourth-order valence-electron chi connectivity index (χ4n) is 1.90. The molecule has 84 valence electrons. The highest BCUT2D eigenvalue weighted by atomic mass is 15.2.